The van der Waals surface area contributed by atoms with Gasteiger partial charge < -0.3 is 10.2 Å². The zero-order valence-corrected chi connectivity index (χ0v) is 13.7. The van der Waals surface area contributed by atoms with Crippen LogP contribution < -0.4 is 10.2 Å². The van der Waals surface area contributed by atoms with E-state index in [0.29, 0.717) is 11.6 Å². The minimum Gasteiger partial charge on any atom is -0.371 e. The van der Waals surface area contributed by atoms with Gasteiger partial charge in [-0.2, -0.15) is 0 Å². The first kappa shape index (κ1) is 15.8. The Morgan fingerprint density at radius 1 is 1.30 bits per heavy atom. The maximum absolute atomic E-state index is 12.5. The van der Waals surface area contributed by atoms with Crippen LogP contribution in [0.2, 0.25) is 5.02 Å². The smallest absolute Gasteiger partial charge is 0.225 e. The quantitative estimate of drug-likeness (QED) is 0.936. The molecule has 0 spiro atoms. The Kier molecular flexibility index (Phi) is 5.13. The summed E-state index contributed by atoms with van der Waals surface area (Å²) >= 11 is 5.97. The zero-order valence-electron chi connectivity index (χ0n) is 12.9. The van der Waals surface area contributed by atoms with Gasteiger partial charge >= 0.3 is 0 Å². The van der Waals surface area contributed by atoms with E-state index in [2.05, 4.69) is 15.2 Å². The summed E-state index contributed by atoms with van der Waals surface area (Å²) in [5.74, 6) is 0.139. The highest BCUT2D eigenvalue weighted by Crippen LogP contribution is 2.22. The number of nitrogens with one attached hydrogen (secondary N) is 1. The molecule has 5 heteroatoms. The van der Waals surface area contributed by atoms with E-state index in [1.54, 1.807) is 12.4 Å². The van der Waals surface area contributed by atoms with Crippen LogP contribution in [0, 0.1) is 5.92 Å². The molecule has 1 saturated heterocycles. The molecular weight excluding hydrogens is 310 g/mol. The van der Waals surface area contributed by atoms with E-state index >= 15 is 0 Å². The number of pyridine rings is 1. The lowest BCUT2D eigenvalue weighted by Gasteiger charge is -2.33. The number of carbonyl (C=O) groups excluding carboxylic acids is 1. The summed E-state index contributed by atoms with van der Waals surface area (Å²) in [4.78, 5) is 18.8. The van der Waals surface area contributed by atoms with Crippen molar-refractivity contribution in [1.29, 1.82) is 0 Å². The Bertz CT molecular complexity index is 662. The van der Waals surface area contributed by atoms with Crippen molar-refractivity contribution < 1.29 is 4.79 Å². The Hall–Kier alpha value is -2.07. The fraction of sp³-hybridized carbons (Fsp3) is 0.333. The van der Waals surface area contributed by atoms with Crippen LogP contribution >= 0.6 is 11.6 Å². The fourth-order valence-electron chi connectivity index (χ4n) is 2.96. The van der Waals surface area contributed by atoms with E-state index in [9.17, 15) is 4.79 Å². The monoisotopic (exact) mass is 329 g/mol. The predicted octanol–water partition coefficient (Wildman–Crippen LogP) is 3.27. The highest BCUT2D eigenvalue weighted by Gasteiger charge is 2.25. The van der Waals surface area contributed by atoms with Crippen LogP contribution in [-0.4, -0.2) is 24.0 Å². The fourth-order valence-corrected chi connectivity index (χ4v) is 3.17. The van der Waals surface area contributed by atoms with Gasteiger partial charge in [-0.3, -0.25) is 9.78 Å². The molecule has 0 radical (unpaired) electrons. The molecule has 4 nitrogen and oxygen atoms in total. The highest BCUT2D eigenvalue weighted by molar-refractivity contribution is 6.30. The second-order valence-electron chi connectivity index (χ2n) is 5.84. The van der Waals surface area contributed by atoms with Crippen LogP contribution in [-0.2, 0) is 11.3 Å². The standard InChI is InChI=1S/C18H20ClN3O/c19-16-5-1-3-14(11-16)12-21-18(23)15-4-2-10-22(13-15)17-6-8-20-9-7-17/h1,3,5-9,11,15H,2,4,10,12-13H2,(H,21,23)/t15-/m1/s1. The van der Waals surface area contributed by atoms with Crippen molar-refractivity contribution in [3.63, 3.8) is 0 Å². The van der Waals surface area contributed by atoms with Gasteiger partial charge in [0.2, 0.25) is 5.91 Å². The van der Waals surface area contributed by atoms with E-state index < -0.39 is 0 Å². The van der Waals surface area contributed by atoms with Gasteiger partial charge in [0.05, 0.1) is 5.92 Å². The Morgan fingerprint density at radius 2 is 2.13 bits per heavy atom. The van der Waals surface area contributed by atoms with Crippen molar-refractivity contribution in [2.75, 3.05) is 18.0 Å². The first-order valence-corrected chi connectivity index (χ1v) is 8.27. The highest BCUT2D eigenvalue weighted by atomic mass is 35.5. The number of hydrogen-bond acceptors (Lipinski definition) is 3. The zero-order chi connectivity index (χ0) is 16.1. The molecule has 1 amide bonds. The molecule has 2 aromatic rings. The number of piperidine rings is 1. The van der Waals surface area contributed by atoms with Crippen LogP contribution in [0.5, 0.6) is 0 Å². The lowest BCUT2D eigenvalue weighted by atomic mass is 9.96. The SMILES string of the molecule is O=C(NCc1cccc(Cl)c1)[C@@H]1CCCN(c2ccncc2)C1. The molecule has 0 unspecified atom stereocenters. The molecule has 23 heavy (non-hydrogen) atoms. The number of hydrogen-bond donors (Lipinski definition) is 1. The van der Waals surface area contributed by atoms with Crippen molar-refractivity contribution in [2.24, 2.45) is 5.92 Å². The van der Waals surface area contributed by atoms with E-state index in [0.717, 1.165) is 37.2 Å². The number of rotatable bonds is 4. The molecule has 1 aromatic carbocycles. The van der Waals surface area contributed by atoms with E-state index in [1.807, 2.05) is 36.4 Å². The number of aromatic nitrogens is 1. The Balaban J connectivity index is 1.57. The Morgan fingerprint density at radius 3 is 2.91 bits per heavy atom. The van der Waals surface area contributed by atoms with Crippen molar-refractivity contribution in [3.05, 3.63) is 59.4 Å². The lowest BCUT2D eigenvalue weighted by Crippen LogP contribution is -2.43. The molecule has 1 aliphatic heterocycles. The first-order valence-electron chi connectivity index (χ1n) is 7.89. The minimum absolute atomic E-state index is 0.0242. The summed E-state index contributed by atoms with van der Waals surface area (Å²) in [7, 11) is 0. The molecule has 1 aliphatic rings. The van der Waals surface area contributed by atoms with Crippen molar-refractivity contribution in [2.45, 2.75) is 19.4 Å². The molecule has 3 rings (SSSR count). The van der Waals surface area contributed by atoms with Crippen LogP contribution in [0.15, 0.2) is 48.8 Å². The maximum atomic E-state index is 12.5. The summed E-state index contributed by atoms with van der Waals surface area (Å²) in [6.07, 6.45) is 5.54. The number of amides is 1. The molecule has 1 atom stereocenters. The van der Waals surface area contributed by atoms with Crippen molar-refractivity contribution in [1.82, 2.24) is 10.3 Å². The molecule has 0 aliphatic carbocycles. The molecule has 1 N–H and O–H groups in total. The normalized spacial score (nSPS) is 17.8. The topological polar surface area (TPSA) is 45.2 Å². The van der Waals surface area contributed by atoms with Crippen molar-refractivity contribution >= 4 is 23.2 Å². The largest absolute Gasteiger partial charge is 0.371 e. The second kappa shape index (κ2) is 7.47. The maximum Gasteiger partial charge on any atom is 0.225 e. The predicted molar refractivity (Wildman–Crippen MR) is 92.5 cm³/mol. The summed E-state index contributed by atoms with van der Waals surface area (Å²) in [6, 6.07) is 11.6. The minimum atomic E-state index is 0.0242. The van der Waals surface area contributed by atoms with Gasteiger partial charge in [-0.05, 0) is 42.7 Å². The van der Waals surface area contributed by atoms with E-state index in [-0.39, 0.29) is 11.8 Å². The van der Waals surface area contributed by atoms with Gasteiger partial charge in [0, 0.05) is 42.7 Å². The summed E-state index contributed by atoms with van der Waals surface area (Å²) in [5, 5.41) is 3.72. The average Bonchev–Trinajstić information content (AvgIpc) is 2.61. The number of benzene rings is 1. The summed E-state index contributed by atoms with van der Waals surface area (Å²) in [5.41, 5.74) is 2.15. The number of carbonyl (C=O) groups is 1. The summed E-state index contributed by atoms with van der Waals surface area (Å²) < 4.78 is 0. The van der Waals surface area contributed by atoms with Crippen molar-refractivity contribution in [3.8, 4) is 0 Å². The third kappa shape index (κ3) is 4.23. The van der Waals surface area contributed by atoms with Gasteiger partial charge in [0.1, 0.15) is 0 Å². The van der Waals surface area contributed by atoms with Gasteiger partial charge in [-0.1, -0.05) is 23.7 Å². The van der Waals surface area contributed by atoms with Crippen LogP contribution in [0.25, 0.3) is 0 Å². The molecule has 1 aromatic heterocycles. The second-order valence-corrected chi connectivity index (χ2v) is 6.27. The van der Waals surface area contributed by atoms with Crippen LogP contribution in [0.3, 0.4) is 0 Å². The number of nitrogens with zero attached hydrogens (tertiary/aromatic N) is 2. The molecule has 0 bridgehead atoms. The van der Waals surface area contributed by atoms with Gasteiger partial charge in [-0.15, -0.1) is 0 Å². The molecule has 2 heterocycles. The molecular formula is C18H20ClN3O. The van der Waals surface area contributed by atoms with Crippen LogP contribution in [0.4, 0.5) is 5.69 Å². The van der Waals surface area contributed by atoms with Crippen LogP contribution in [0.1, 0.15) is 18.4 Å². The van der Waals surface area contributed by atoms with Gasteiger partial charge in [-0.25, -0.2) is 0 Å². The average molecular weight is 330 g/mol. The lowest BCUT2D eigenvalue weighted by molar-refractivity contribution is -0.125. The molecule has 1 fully saturated rings. The number of anilines is 1. The van der Waals surface area contributed by atoms with Gasteiger partial charge in [0.25, 0.3) is 0 Å². The van der Waals surface area contributed by atoms with E-state index in [4.69, 9.17) is 11.6 Å². The van der Waals surface area contributed by atoms with Gasteiger partial charge in [0.15, 0.2) is 0 Å². The number of halogens is 1. The third-order valence-corrected chi connectivity index (χ3v) is 4.41. The Labute approximate surface area is 141 Å². The molecule has 120 valence electrons. The molecule has 0 saturated carbocycles. The van der Waals surface area contributed by atoms with E-state index in [1.165, 1.54) is 0 Å². The first-order chi connectivity index (χ1) is 11.2. The third-order valence-electron chi connectivity index (χ3n) is 4.18. The summed E-state index contributed by atoms with van der Waals surface area (Å²) in [6.45, 7) is 2.26.